The highest BCUT2D eigenvalue weighted by Gasteiger charge is 2.06. The minimum absolute atomic E-state index is 0.00807. The quantitative estimate of drug-likeness (QED) is 0.563. The van der Waals surface area contributed by atoms with Crippen LogP contribution in [0.3, 0.4) is 0 Å². The number of benzene rings is 2. The molecular formula is C17H15N3O2. The topological polar surface area (TPSA) is 81.2 Å². The van der Waals surface area contributed by atoms with Gasteiger partial charge in [-0.2, -0.15) is 0 Å². The third kappa shape index (κ3) is 2.83. The molecule has 0 unspecified atom stereocenters. The van der Waals surface area contributed by atoms with E-state index in [0.717, 1.165) is 22.6 Å². The third-order valence-electron chi connectivity index (χ3n) is 3.33. The zero-order valence-corrected chi connectivity index (χ0v) is 12.0. The van der Waals surface area contributed by atoms with Crippen molar-refractivity contribution in [3.05, 3.63) is 60.4 Å². The number of Topliss-reactive ketones (excluding diaryl/α,β-unsaturated/α-hetero) is 1. The summed E-state index contributed by atoms with van der Waals surface area (Å²) in [5.41, 5.74) is 10.5. The Morgan fingerprint density at radius 1 is 1.18 bits per heavy atom. The number of rotatable bonds is 4. The van der Waals surface area contributed by atoms with Gasteiger partial charge in [-0.3, -0.25) is 4.79 Å². The van der Waals surface area contributed by atoms with E-state index in [2.05, 4.69) is 10.5 Å². The monoisotopic (exact) mass is 293 g/mol. The van der Waals surface area contributed by atoms with Crippen molar-refractivity contribution in [3.63, 3.8) is 0 Å². The normalized spacial score (nSPS) is 10.4. The first-order valence-corrected chi connectivity index (χ1v) is 6.82. The first-order chi connectivity index (χ1) is 10.6. The van der Waals surface area contributed by atoms with Crippen LogP contribution in [0.5, 0.6) is 0 Å². The van der Waals surface area contributed by atoms with E-state index in [0.29, 0.717) is 11.3 Å². The maximum Gasteiger partial charge on any atom is 0.159 e. The Balaban J connectivity index is 1.87. The van der Waals surface area contributed by atoms with Crippen LogP contribution in [0, 0.1) is 0 Å². The van der Waals surface area contributed by atoms with E-state index in [1.54, 1.807) is 24.3 Å². The SMILES string of the molecule is CC(=O)c1ccc(Nc2cccc(-c3ccon3)c2)c(N)c1. The standard InChI is InChI=1S/C17H15N3O2/c1-11(21)12-5-6-17(15(18)10-12)19-14-4-2-3-13(9-14)16-7-8-22-20-16/h2-10,19H,18H2,1H3. The van der Waals surface area contributed by atoms with Crippen LogP contribution in [0.2, 0.25) is 0 Å². The molecule has 0 aliphatic heterocycles. The molecule has 0 radical (unpaired) electrons. The van der Waals surface area contributed by atoms with Gasteiger partial charge in [0, 0.05) is 22.9 Å². The average Bonchev–Trinajstić information content (AvgIpc) is 3.04. The second-order valence-electron chi connectivity index (χ2n) is 4.95. The lowest BCUT2D eigenvalue weighted by molar-refractivity contribution is 0.101. The van der Waals surface area contributed by atoms with E-state index in [4.69, 9.17) is 10.3 Å². The van der Waals surface area contributed by atoms with Gasteiger partial charge in [-0.15, -0.1) is 0 Å². The molecule has 22 heavy (non-hydrogen) atoms. The molecule has 0 bridgehead atoms. The summed E-state index contributed by atoms with van der Waals surface area (Å²) in [6, 6.07) is 14.8. The molecule has 0 spiro atoms. The number of nitrogens with zero attached hydrogens (tertiary/aromatic N) is 1. The number of aromatic nitrogens is 1. The maximum absolute atomic E-state index is 11.4. The van der Waals surface area contributed by atoms with Gasteiger partial charge in [0.1, 0.15) is 12.0 Å². The summed E-state index contributed by atoms with van der Waals surface area (Å²) in [4.78, 5) is 11.4. The van der Waals surface area contributed by atoms with E-state index in [1.807, 2.05) is 24.3 Å². The molecule has 3 N–H and O–H groups in total. The fourth-order valence-electron chi connectivity index (χ4n) is 2.17. The maximum atomic E-state index is 11.4. The van der Waals surface area contributed by atoms with Crippen LogP contribution in [0.1, 0.15) is 17.3 Å². The van der Waals surface area contributed by atoms with Crippen LogP contribution in [-0.2, 0) is 0 Å². The van der Waals surface area contributed by atoms with Crippen LogP contribution < -0.4 is 11.1 Å². The number of anilines is 3. The molecule has 3 aromatic rings. The fourth-order valence-corrected chi connectivity index (χ4v) is 2.17. The van der Waals surface area contributed by atoms with Crippen molar-refractivity contribution in [1.82, 2.24) is 5.16 Å². The van der Waals surface area contributed by atoms with E-state index >= 15 is 0 Å². The average molecular weight is 293 g/mol. The largest absolute Gasteiger partial charge is 0.397 e. The zero-order valence-electron chi connectivity index (χ0n) is 12.0. The Bertz CT molecular complexity index is 811. The zero-order chi connectivity index (χ0) is 15.5. The molecule has 0 atom stereocenters. The summed E-state index contributed by atoms with van der Waals surface area (Å²) in [5.74, 6) is -0.00807. The lowest BCUT2D eigenvalue weighted by Crippen LogP contribution is -2.00. The van der Waals surface area contributed by atoms with Crippen molar-refractivity contribution in [1.29, 1.82) is 0 Å². The van der Waals surface area contributed by atoms with E-state index in [1.165, 1.54) is 13.2 Å². The highest BCUT2D eigenvalue weighted by molar-refractivity contribution is 5.96. The van der Waals surface area contributed by atoms with Gasteiger partial charge < -0.3 is 15.6 Å². The predicted octanol–water partition coefficient (Wildman–Crippen LogP) is 3.87. The van der Waals surface area contributed by atoms with Gasteiger partial charge in [-0.1, -0.05) is 17.3 Å². The van der Waals surface area contributed by atoms with Gasteiger partial charge in [0.15, 0.2) is 5.78 Å². The van der Waals surface area contributed by atoms with Crippen LogP contribution in [0.4, 0.5) is 17.1 Å². The minimum atomic E-state index is -0.00807. The lowest BCUT2D eigenvalue weighted by atomic mass is 10.1. The summed E-state index contributed by atoms with van der Waals surface area (Å²) >= 11 is 0. The molecule has 5 nitrogen and oxygen atoms in total. The van der Waals surface area contributed by atoms with Crippen molar-refractivity contribution in [2.24, 2.45) is 0 Å². The Morgan fingerprint density at radius 2 is 2.05 bits per heavy atom. The number of hydrogen-bond acceptors (Lipinski definition) is 5. The molecule has 5 heteroatoms. The second kappa shape index (κ2) is 5.73. The molecule has 0 amide bonds. The lowest BCUT2D eigenvalue weighted by Gasteiger charge is -2.11. The number of carbonyl (C=O) groups excluding carboxylic acids is 1. The van der Waals surface area contributed by atoms with Crippen LogP contribution >= 0.6 is 0 Å². The number of carbonyl (C=O) groups is 1. The molecule has 0 saturated carbocycles. The van der Waals surface area contributed by atoms with Crippen LogP contribution in [-0.4, -0.2) is 10.9 Å². The molecular weight excluding hydrogens is 278 g/mol. The van der Waals surface area contributed by atoms with E-state index < -0.39 is 0 Å². The number of nitrogens with one attached hydrogen (secondary N) is 1. The fraction of sp³-hybridized carbons (Fsp3) is 0.0588. The predicted molar refractivity (Wildman–Crippen MR) is 86.1 cm³/mol. The number of nitrogen functional groups attached to an aromatic ring is 1. The van der Waals surface area contributed by atoms with Gasteiger partial charge in [0.25, 0.3) is 0 Å². The summed E-state index contributed by atoms with van der Waals surface area (Å²) in [5, 5.41) is 7.16. The molecule has 0 fully saturated rings. The van der Waals surface area contributed by atoms with Crippen molar-refractivity contribution < 1.29 is 9.32 Å². The van der Waals surface area contributed by atoms with Gasteiger partial charge >= 0.3 is 0 Å². The Hall–Kier alpha value is -3.08. The highest BCUT2D eigenvalue weighted by atomic mass is 16.5. The molecule has 2 aromatic carbocycles. The van der Waals surface area contributed by atoms with Crippen molar-refractivity contribution in [3.8, 4) is 11.3 Å². The highest BCUT2D eigenvalue weighted by Crippen LogP contribution is 2.27. The minimum Gasteiger partial charge on any atom is -0.397 e. The molecule has 110 valence electrons. The van der Waals surface area contributed by atoms with E-state index in [9.17, 15) is 4.79 Å². The van der Waals surface area contributed by atoms with Gasteiger partial charge in [0.05, 0.1) is 11.4 Å². The third-order valence-corrected chi connectivity index (χ3v) is 3.33. The summed E-state index contributed by atoms with van der Waals surface area (Å²) < 4.78 is 4.86. The number of ketones is 1. The summed E-state index contributed by atoms with van der Waals surface area (Å²) in [6.45, 7) is 1.52. The van der Waals surface area contributed by atoms with Crippen LogP contribution in [0.25, 0.3) is 11.3 Å². The number of hydrogen-bond donors (Lipinski definition) is 2. The summed E-state index contributed by atoms with van der Waals surface area (Å²) in [7, 11) is 0. The number of nitrogens with two attached hydrogens (primary N) is 1. The Morgan fingerprint density at radius 3 is 2.73 bits per heavy atom. The molecule has 0 aliphatic carbocycles. The molecule has 1 aromatic heterocycles. The first-order valence-electron chi connectivity index (χ1n) is 6.82. The van der Waals surface area contributed by atoms with Crippen molar-refractivity contribution in [2.45, 2.75) is 6.92 Å². The van der Waals surface area contributed by atoms with Gasteiger partial charge in [-0.25, -0.2) is 0 Å². The van der Waals surface area contributed by atoms with Crippen molar-refractivity contribution in [2.75, 3.05) is 11.1 Å². The molecule has 0 aliphatic rings. The van der Waals surface area contributed by atoms with Gasteiger partial charge in [-0.05, 0) is 37.3 Å². The van der Waals surface area contributed by atoms with Crippen LogP contribution in [0.15, 0.2) is 59.3 Å². The van der Waals surface area contributed by atoms with Gasteiger partial charge in [0.2, 0.25) is 0 Å². The molecule has 0 saturated heterocycles. The molecule has 1 heterocycles. The Kier molecular flexibility index (Phi) is 3.62. The smallest absolute Gasteiger partial charge is 0.159 e. The summed E-state index contributed by atoms with van der Waals surface area (Å²) in [6.07, 6.45) is 1.54. The van der Waals surface area contributed by atoms with Crippen molar-refractivity contribution >= 4 is 22.8 Å². The first kappa shape index (κ1) is 13.9. The molecule has 3 rings (SSSR count). The second-order valence-corrected chi connectivity index (χ2v) is 4.95. The Labute approximate surface area is 127 Å². The van der Waals surface area contributed by atoms with E-state index in [-0.39, 0.29) is 5.78 Å².